The van der Waals surface area contributed by atoms with Gasteiger partial charge in [0.2, 0.25) is 0 Å². The van der Waals surface area contributed by atoms with Gasteiger partial charge in [-0.25, -0.2) is 0 Å². The van der Waals surface area contributed by atoms with Gasteiger partial charge in [0.15, 0.2) is 0 Å². The largest absolute Gasteiger partial charge is 0.314 e. The minimum atomic E-state index is 0.848. The molecule has 1 rings (SSSR count). The molecule has 1 unspecified atom stereocenters. The lowest BCUT2D eigenvalue weighted by Crippen LogP contribution is -2.31. The summed E-state index contributed by atoms with van der Waals surface area (Å²) in [5.74, 6) is 0.848. The van der Waals surface area contributed by atoms with Crippen LogP contribution in [0.25, 0.3) is 0 Å². The Morgan fingerprint density at radius 2 is 2.07 bits per heavy atom. The zero-order valence-corrected chi connectivity index (χ0v) is 10.8. The van der Waals surface area contributed by atoms with Gasteiger partial charge >= 0.3 is 0 Å². The van der Waals surface area contributed by atoms with E-state index in [4.69, 9.17) is 0 Å². The Hall–Kier alpha value is -0.0800. The van der Waals surface area contributed by atoms with Gasteiger partial charge in [0, 0.05) is 12.6 Å². The zero-order chi connectivity index (χ0) is 11.1. The number of rotatable bonds is 9. The summed E-state index contributed by atoms with van der Waals surface area (Å²) in [6, 6.07) is 0.870. The van der Waals surface area contributed by atoms with E-state index in [1.807, 2.05) is 0 Å². The molecule has 2 nitrogen and oxygen atoms in total. The molecule has 1 aliphatic rings. The Labute approximate surface area is 95.4 Å². The zero-order valence-electron chi connectivity index (χ0n) is 10.8. The first-order chi connectivity index (χ1) is 7.26. The molecule has 0 bridgehead atoms. The average molecular weight is 212 g/mol. The van der Waals surface area contributed by atoms with Crippen LogP contribution in [0.4, 0.5) is 0 Å². The van der Waals surface area contributed by atoms with Crippen molar-refractivity contribution in [2.24, 2.45) is 5.92 Å². The second-order valence-electron chi connectivity index (χ2n) is 4.99. The van der Waals surface area contributed by atoms with E-state index in [9.17, 15) is 0 Å². The predicted octanol–water partition coefficient (Wildman–Crippen LogP) is 2.50. The van der Waals surface area contributed by atoms with Crippen molar-refractivity contribution >= 4 is 0 Å². The van der Waals surface area contributed by atoms with Crippen molar-refractivity contribution in [1.29, 1.82) is 0 Å². The van der Waals surface area contributed by atoms with Crippen LogP contribution < -0.4 is 5.32 Å². The lowest BCUT2D eigenvalue weighted by atomic mass is 10.1. The summed E-state index contributed by atoms with van der Waals surface area (Å²) in [6.07, 6.45) is 5.42. The quantitative estimate of drug-likeness (QED) is 0.591. The average Bonchev–Trinajstić information content (AvgIpc) is 3.06. The van der Waals surface area contributed by atoms with Crippen molar-refractivity contribution in [1.82, 2.24) is 10.2 Å². The Morgan fingerprint density at radius 3 is 2.60 bits per heavy atom. The summed E-state index contributed by atoms with van der Waals surface area (Å²) >= 11 is 0. The molecule has 0 saturated heterocycles. The standard InChI is InChI=1S/C13H28N2/c1-4-12(3)11-15(5-2)10-6-9-14-13-7-8-13/h12-14H,4-11H2,1-3H3. The Morgan fingerprint density at radius 1 is 1.33 bits per heavy atom. The first-order valence-corrected chi connectivity index (χ1v) is 6.72. The van der Waals surface area contributed by atoms with E-state index >= 15 is 0 Å². The van der Waals surface area contributed by atoms with Gasteiger partial charge in [0.05, 0.1) is 0 Å². The topological polar surface area (TPSA) is 15.3 Å². The molecule has 1 saturated carbocycles. The van der Waals surface area contributed by atoms with Crippen LogP contribution in [-0.4, -0.2) is 37.1 Å². The maximum atomic E-state index is 3.58. The van der Waals surface area contributed by atoms with Crippen LogP contribution in [0.2, 0.25) is 0 Å². The lowest BCUT2D eigenvalue weighted by molar-refractivity contribution is 0.242. The second kappa shape index (κ2) is 7.24. The van der Waals surface area contributed by atoms with Gasteiger partial charge in [-0.05, 0) is 44.8 Å². The van der Waals surface area contributed by atoms with Gasteiger partial charge in [0.25, 0.3) is 0 Å². The van der Waals surface area contributed by atoms with Crippen LogP contribution in [0.5, 0.6) is 0 Å². The maximum Gasteiger partial charge on any atom is 0.00682 e. The molecular formula is C13H28N2. The monoisotopic (exact) mass is 212 g/mol. The minimum Gasteiger partial charge on any atom is -0.314 e. The molecule has 0 aliphatic heterocycles. The Bertz CT molecular complexity index is 155. The van der Waals surface area contributed by atoms with Gasteiger partial charge in [0.1, 0.15) is 0 Å². The second-order valence-corrected chi connectivity index (χ2v) is 4.99. The molecule has 2 heteroatoms. The van der Waals surface area contributed by atoms with Crippen molar-refractivity contribution in [2.75, 3.05) is 26.2 Å². The SMILES string of the molecule is CCC(C)CN(CC)CCCNC1CC1. The highest BCUT2D eigenvalue weighted by molar-refractivity contribution is 4.80. The van der Waals surface area contributed by atoms with Gasteiger partial charge in [-0.2, -0.15) is 0 Å². The highest BCUT2D eigenvalue weighted by atomic mass is 15.1. The van der Waals surface area contributed by atoms with Crippen LogP contribution in [0.3, 0.4) is 0 Å². The van der Waals surface area contributed by atoms with Gasteiger partial charge in [-0.3, -0.25) is 0 Å². The predicted molar refractivity (Wildman–Crippen MR) is 67.2 cm³/mol. The normalized spacial score (nSPS) is 18.4. The third kappa shape index (κ3) is 6.16. The van der Waals surface area contributed by atoms with Gasteiger partial charge in [-0.15, -0.1) is 0 Å². The van der Waals surface area contributed by atoms with Crippen LogP contribution in [-0.2, 0) is 0 Å². The Balaban J connectivity index is 1.98. The van der Waals surface area contributed by atoms with Crippen LogP contribution in [0.1, 0.15) is 46.5 Å². The fourth-order valence-corrected chi connectivity index (χ4v) is 1.84. The molecule has 1 aliphatic carbocycles. The third-order valence-corrected chi connectivity index (χ3v) is 3.38. The van der Waals surface area contributed by atoms with Gasteiger partial charge < -0.3 is 10.2 Å². The fraction of sp³-hybridized carbons (Fsp3) is 1.00. The summed E-state index contributed by atoms with van der Waals surface area (Å²) in [6.45, 7) is 11.9. The summed E-state index contributed by atoms with van der Waals surface area (Å²) < 4.78 is 0. The van der Waals surface area contributed by atoms with Gasteiger partial charge in [-0.1, -0.05) is 27.2 Å². The number of hydrogen-bond acceptors (Lipinski definition) is 2. The first-order valence-electron chi connectivity index (χ1n) is 6.72. The highest BCUT2D eigenvalue weighted by Gasteiger charge is 2.19. The van der Waals surface area contributed by atoms with E-state index in [0.717, 1.165) is 12.0 Å². The van der Waals surface area contributed by atoms with Crippen molar-refractivity contribution in [2.45, 2.75) is 52.5 Å². The molecule has 1 fully saturated rings. The lowest BCUT2D eigenvalue weighted by Gasteiger charge is -2.23. The molecule has 0 aromatic heterocycles. The minimum absolute atomic E-state index is 0.848. The van der Waals surface area contributed by atoms with E-state index in [0.29, 0.717) is 0 Å². The fourth-order valence-electron chi connectivity index (χ4n) is 1.84. The smallest absolute Gasteiger partial charge is 0.00682 e. The van der Waals surface area contributed by atoms with Crippen LogP contribution in [0.15, 0.2) is 0 Å². The summed E-state index contributed by atoms with van der Waals surface area (Å²) in [4.78, 5) is 2.59. The maximum absolute atomic E-state index is 3.58. The first kappa shape index (κ1) is 13.0. The molecule has 0 aromatic rings. The molecule has 0 spiro atoms. The highest BCUT2D eigenvalue weighted by Crippen LogP contribution is 2.18. The molecule has 1 N–H and O–H groups in total. The summed E-state index contributed by atoms with van der Waals surface area (Å²) in [7, 11) is 0. The van der Waals surface area contributed by atoms with Crippen molar-refractivity contribution in [3.63, 3.8) is 0 Å². The summed E-state index contributed by atoms with van der Waals surface area (Å²) in [5, 5.41) is 3.58. The Kier molecular flexibility index (Phi) is 6.26. The van der Waals surface area contributed by atoms with Crippen molar-refractivity contribution in [3.8, 4) is 0 Å². The van der Waals surface area contributed by atoms with Crippen molar-refractivity contribution in [3.05, 3.63) is 0 Å². The number of nitrogens with one attached hydrogen (secondary N) is 1. The van der Waals surface area contributed by atoms with E-state index in [-0.39, 0.29) is 0 Å². The van der Waals surface area contributed by atoms with Crippen LogP contribution in [0, 0.1) is 5.92 Å². The van der Waals surface area contributed by atoms with Crippen molar-refractivity contribution < 1.29 is 0 Å². The molecule has 0 amide bonds. The molecule has 90 valence electrons. The molecule has 0 aromatic carbocycles. The van der Waals surface area contributed by atoms with E-state index < -0.39 is 0 Å². The van der Waals surface area contributed by atoms with E-state index in [1.54, 1.807) is 0 Å². The van der Waals surface area contributed by atoms with E-state index in [1.165, 1.54) is 51.9 Å². The number of nitrogens with zero attached hydrogens (tertiary/aromatic N) is 1. The van der Waals surface area contributed by atoms with E-state index in [2.05, 4.69) is 31.0 Å². The summed E-state index contributed by atoms with van der Waals surface area (Å²) in [5.41, 5.74) is 0. The molecular weight excluding hydrogens is 184 g/mol. The molecule has 0 radical (unpaired) electrons. The number of hydrogen-bond donors (Lipinski definition) is 1. The molecule has 1 atom stereocenters. The molecule has 15 heavy (non-hydrogen) atoms. The van der Waals surface area contributed by atoms with Crippen LogP contribution >= 0.6 is 0 Å². The molecule has 0 heterocycles. The third-order valence-electron chi connectivity index (χ3n) is 3.38.